The SMILES string of the molecule is COc1cccc(N2CCN(C(=O)CCc3c(C)nn(C)c3C)CC2=O)c1. The Kier molecular flexibility index (Phi) is 5.48. The van der Waals surface area contributed by atoms with Crippen LogP contribution in [-0.2, 0) is 23.1 Å². The van der Waals surface area contributed by atoms with E-state index in [9.17, 15) is 9.59 Å². The highest BCUT2D eigenvalue weighted by Crippen LogP contribution is 2.23. The summed E-state index contributed by atoms with van der Waals surface area (Å²) in [5, 5.41) is 4.39. The lowest BCUT2D eigenvalue weighted by atomic mass is 10.1. The zero-order valence-corrected chi connectivity index (χ0v) is 16.4. The number of benzene rings is 1. The molecular weight excluding hydrogens is 344 g/mol. The number of anilines is 1. The van der Waals surface area contributed by atoms with Gasteiger partial charge >= 0.3 is 0 Å². The first-order chi connectivity index (χ1) is 12.9. The lowest BCUT2D eigenvalue weighted by Crippen LogP contribution is -2.52. The lowest BCUT2D eigenvalue weighted by Gasteiger charge is -2.34. The second-order valence-corrected chi connectivity index (χ2v) is 6.84. The lowest BCUT2D eigenvalue weighted by molar-refractivity contribution is -0.136. The number of hydrogen-bond acceptors (Lipinski definition) is 4. The summed E-state index contributed by atoms with van der Waals surface area (Å²) in [5.41, 5.74) is 3.96. The molecule has 0 N–H and O–H groups in total. The number of nitrogens with zero attached hydrogens (tertiary/aromatic N) is 4. The largest absolute Gasteiger partial charge is 0.497 e. The molecule has 0 aliphatic carbocycles. The summed E-state index contributed by atoms with van der Waals surface area (Å²) in [5.74, 6) is 0.647. The van der Waals surface area contributed by atoms with Crippen molar-refractivity contribution in [3.05, 3.63) is 41.2 Å². The smallest absolute Gasteiger partial charge is 0.246 e. The first kappa shape index (κ1) is 18.9. The molecule has 2 aromatic rings. The first-order valence-electron chi connectivity index (χ1n) is 9.12. The third-order valence-corrected chi connectivity index (χ3v) is 5.19. The van der Waals surface area contributed by atoms with Crippen LogP contribution in [0.3, 0.4) is 0 Å². The van der Waals surface area contributed by atoms with Crippen LogP contribution < -0.4 is 9.64 Å². The van der Waals surface area contributed by atoms with Crippen molar-refractivity contribution in [2.24, 2.45) is 7.05 Å². The van der Waals surface area contributed by atoms with Crippen molar-refractivity contribution in [3.63, 3.8) is 0 Å². The Balaban J connectivity index is 1.60. The van der Waals surface area contributed by atoms with E-state index in [4.69, 9.17) is 4.74 Å². The van der Waals surface area contributed by atoms with Crippen LogP contribution in [0.1, 0.15) is 23.4 Å². The Labute approximate surface area is 159 Å². The molecule has 7 heteroatoms. The number of carbonyl (C=O) groups is 2. The average molecular weight is 370 g/mol. The summed E-state index contributed by atoms with van der Waals surface area (Å²) in [6, 6.07) is 7.42. The second-order valence-electron chi connectivity index (χ2n) is 6.84. The number of aromatic nitrogens is 2. The molecule has 0 radical (unpaired) electrons. The maximum Gasteiger partial charge on any atom is 0.246 e. The molecule has 3 rings (SSSR count). The molecule has 27 heavy (non-hydrogen) atoms. The van der Waals surface area contributed by atoms with Crippen LogP contribution in [0.25, 0.3) is 0 Å². The van der Waals surface area contributed by atoms with Gasteiger partial charge in [0.05, 0.1) is 12.8 Å². The van der Waals surface area contributed by atoms with Crippen molar-refractivity contribution in [2.45, 2.75) is 26.7 Å². The Hall–Kier alpha value is -2.83. The molecule has 1 aromatic heterocycles. The number of ether oxygens (including phenoxy) is 1. The van der Waals surface area contributed by atoms with Crippen molar-refractivity contribution < 1.29 is 14.3 Å². The fourth-order valence-electron chi connectivity index (χ4n) is 3.51. The van der Waals surface area contributed by atoms with Gasteiger partial charge < -0.3 is 14.5 Å². The van der Waals surface area contributed by atoms with Crippen molar-refractivity contribution >= 4 is 17.5 Å². The van der Waals surface area contributed by atoms with Gasteiger partial charge in [-0.05, 0) is 38.0 Å². The van der Waals surface area contributed by atoms with Gasteiger partial charge in [0, 0.05) is 44.0 Å². The van der Waals surface area contributed by atoms with E-state index in [0.717, 1.165) is 22.6 Å². The fourth-order valence-corrected chi connectivity index (χ4v) is 3.51. The summed E-state index contributed by atoms with van der Waals surface area (Å²) in [7, 11) is 3.51. The van der Waals surface area contributed by atoms with Crippen LogP contribution >= 0.6 is 0 Å². The summed E-state index contributed by atoms with van der Waals surface area (Å²) < 4.78 is 7.06. The van der Waals surface area contributed by atoms with Gasteiger partial charge in [-0.3, -0.25) is 14.3 Å². The van der Waals surface area contributed by atoms with Crippen molar-refractivity contribution in [3.8, 4) is 5.75 Å². The van der Waals surface area contributed by atoms with Gasteiger partial charge in [-0.25, -0.2) is 0 Å². The Morgan fingerprint density at radius 2 is 2.04 bits per heavy atom. The maximum atomic E-state index is 12.6. The van der Waals surface area contributed by atoms with E-state index >= 15 is 0 Å². The van der Waals surface area contributed by atoms with Crippen LogP contribution in [0, 0.1) is 13.8 Å². The van der Waals surface area contributed by atoms with E-state index in [2.05, 4.69) is 5.10 Å². The summed E-state index contributed by atoms with van der Waals surface area (Å²) in [4.78, 5) is 28.5. The van der Waals surface area contributed by atoms with Crippen LogP contribution in [0.2, 0.25) is 0 Å². The third-order valence-electron chi connectivity index (χ3n) is 5.19. The summed E-state index contributed by atoms with van der Waals surface area (Å²) in [6.07, 6.45) is 1.04. The van der Waals surface area contributed by atoms with Crippen molar-refractivity contribution in [1.82, 2.24) is 14.7 Å². The van der Waals surface area contributed by atoms with Crippen LogP contribution in [-0.4, -0.2) is 53.2 Å². The van der Waals surface area contributed by atoms with Crippen LogP contribution in [0.15, 0.2) is 24.3 Å². The van der Waals surface area contributed by atoms with Gasteiger partial charge in [-0.2, -0.15) is 5.10 Å². The molecule has 1 fully saturated rings. The quantitative estimate of drug-likeness (QED) is 0.806. The predicted octanol–water partition coefficient (Wildman–Crippen LogP) is 1.85. The van der Waals surface area contributed by atoms with E-state index in [1.54, 1.807) is 16.9 Å². The minimum atomic E-state index is -0.0726. The van der Waals surface area contributed by atoms with Gasteiger partial charge in [0.2, 0.25) is 11.8 Å². The van der Waals surface area contributed by atoms with Crippen molar-refractivity contribution in [2.75, 3.05) is 31.6 Å². The van der Waals surface area contributed by atoms with Gasteiger partial charge in [0.25, 0.3) is 0 Å². The Bertz CT molecular complexity index is 859. The van der Waals surface area contributed by atoms with E-state index in [1.165, 1.54) is 0 Å². The highest BCUT2D eigenvalue weighted by molar-refractivity contribution is 5.98. The van der Waals surface area contributed by atoms with E-state index < -0.39 is 0 Å². The highest BCUT2D eigenvalue weighted by atomic mass is 16.5. The molecule has 1 aromatic carbocycles. The number of amides is 2. The summed E-state index contributed by atoms with van der Waals surface area (Å²) in [6.45, 7) is 5.11. The minimum absolute atomic E-state index is 0.0105. The molecule has 0 saturated carbocycles. The van der Waals surface area contributed by atoms with Crippen LogP contribution in [0.5, 0.6) is 5.75 Å². The average Bonchev–Trinajstić information content (AvgIpc) is 2.91. The molecule has 1 aliphatic heterocycles. The zero-order chi connectivity index (χ0) is 19.6. The molecule has 0 atom stereocenters. The predicted molar refractivity (Wildman–Crippen MR) is 103 cm³/mol. The fraction of sp³-hybridized carbons (Fsp3) is 0.450. The first-order valence-corrected chi connectivity index (χ1v) is 9.12. The number of piperazine rings is 1. The topological polar surface area (TPSA) is 67.7 Å². The molecule has 144 valence electrons. The number of rotatable bonds is 5. The zero-order valence-electron chi connectivity index (χ0n) is 16.4. The molecular formula is C20H26N4O3. The number of hydrogen-bond donors (Lipinski definition) is 0. The van der Waals surface area contributed by atoms with E-state index in [1.807, 2.05) is 49.8 Å². The van der Waals surface area contributed by atoms with Crippen molar-refractivity contribution in [1.29, 1.82) is 0 Å². The Morgan fingerprint density at radius 3 is 2.67 bits per heavy atom. The molecule has 0 unspecified atom stereocenters. The standard InChI is InChI=1S/C20H26N4O3/c1-14-18(15(2)22(3)21-14)8-9-19(25)23-10-11-24(20(26)13-23)16-6-5-7-17(12-16)27-4/h5-7,12H,8-11,13H2,1-4H3. The number of aryl methyl sites for hydroxylation is 2. The van der Waals surface area contributed by atoms with Crippen LogP contribution in [0.4, 0.5) is 5.69 Å². The monoisotopic (exact) mass is 370 g/mol. The van der Waals surface area contributed by atoms with Gasteiger partial charge in [0.1, 0.15) is 12.3 Å². The molecule has 7 nitrogen and oxygen atoms in total. The minimum Gasteiger partial charge on any atom is -0.497 e. The second kappa shape index (κ2) is 7.82. The molecule has 0 bridgehead atoms. The number of methoxy groups -OCH3 is 1. The molecule has 0 spiro atoms. The maximum absolute atomic E-state index is 12.6. The third kappa shape index (κ3) is 3.97. The summed E-state index contributed by atoms with van der Waals surface area (Å²) >= 11 is 0. The Morgan fingerprint density at radius 1 is 1.26 bits per heavy atom. The van der Waals surface area contributed by atoms with Gasteiger partial charge in [-0.15, -0.1) is 0 Å². The van der Waals surface area contributed by atoms with Gasteiger partial charge in [-0.1, -0.05) is 6.07 Å². The molecule has 2 amide bonds. The molecule has 1 saturated heterocycles. The highest BCUT2D eigenvalue weighted by Gasteiger charge is 2.28. The van der Waals surface area contributed by atoms with E-state index in [0.29, 0.717) is 31.7 Å². The van der Waals surface area contributed by atoms with Gasteiger partial charge in [0.15, 0.2) is 0 Å². The number of carbonyl (C=O) groups excluding carboxylic acids is 2. The molecule has 1 aliphatic rings. The molecule has 2 heterocycles. The normalized spacial score (nSPS) is 14.6. The van der Waals surface area contributed by atoms with E-state index in [-0.39, 0.29) is 18.4 Å².